The first-order valence-corrected chi connectivity index (χ1v) is 16.3. The molecule has 3 heterocycles. The zero-order valence-corrected chi connectivity index (χ0v) is 28.6. The molecule has 2 aromatic heterocycles. The number of hydrogen-bond donors (Lipinski definition) is 3. The Morgan fingerprint density at radius 3 is 2.50 bits per heavy atom. The van der Waals surface area contributed by atoms with Crippen molar-refractivity contribution < 1.29 is 28.7 Å². The van der Waals surface area contributed by atoms with E-state index in [1.54, 1.807) is 56.2 Å². The van der Waals surface area contributed by atoms with Crippen molar-refractivity contribution in [3.05, 3.63) is 53.6 Å². The predicted octanol–water partition coefficient (Wildman–Crippen LogP) is 1.77. The molecule has 15 heteroatoms. The molecule has 260 valence electrons. The molecule has 48 heavy (non-hydrogen) atoms. The van der Waals surface area contributed by atoms with E-state index in [1.165, 1.54) is 4.68 Å². The molecule has 0 unspecified atom stereocenters. The highest BCUT2D eigenvalue weighted by Crippen LogP contribution is 2.28. The molecular formula is C33H47N9O6. The molecule has 3 atom stereocenters. The molecule has 0 fully saturated rings. The molecule has 0 saturated heterocycles. The Kier molecular flexibility index (Phi) is 12.5. The van der Waals surface area contributed by atoms with Gasteiger partial charge in [0.15, 0.2) is 17.3 Å². The van der Waals surface area contributed by atoms with Crippen LogP contribution in [0.4, 0.5) is 0 Å². The predicted molar refractivity (Wildman–Crippen MR) is 176 cm³/mol. The van der Waals surface area contributed by atoms with Crippen molar-refractivity contribution in [2.75, 3.05) is 33.9 Å². The van der Waals surface area contributed by atoms with Crippen LogP contribution < -0.4 is 25.4 Å². The lowest BCUT2D eigenvalue weighted by molar-refractivity contribution is -0.130. The van der Waals surface area contributed by atoms with Crippen molar-refractivity contribution in [3.8, 4) is 11.5 Å². The highest BCUT2D eigenvalue weighted by Gasteiger charge is 2.29. The number of aromatic nitrogens is 5. The van der Waals surface area contributed by atoms with Gasteiger partial charge in [0, 0.05) is 45.7 Å². The average molecular weight is 666 g/mol. The molecule has 4 rings (SSSR count). The second-order valence-electron chi connectivity index (χ2n) is 12.1. The van der Waals surface area contributed by atoms with Gasteiger partial charge in [-0.2, -0.15) is 5.10 Å². The zero-order chi connectivity index (χ0) is 34.8. The third kappa shape index (κ3) is 9.32. The van der Waals surface area contributed by atoms with Gasteiger partial charge in [0.1, 0.15) is 24.1 Å². The molecule has 0 saturated carbocycles. The molecule has 3 N–H and O–H groups in total. The first kappa shape index (κ1) is 35.9. The van der Waals surface area contributed by atoms with E-state index in [0.29, 0.717) is 74.2 Å². The highest BCUT2D eigenvalue weighted by atomic mass is 16.5. The van der Waals surface area contributed by atoms with E-state index in [1.807, 2.05) is 26.0 Å². The van der Waals surface area contributed by atoms with Crippen molar-refractivity contribution in [1.82, 2.24) is 45.2 Å². The van der Waals surface area contributed by atoms with Gasteiger partial charge >= 0.3 is 0 Å². The van der Waals surface area contributed by atoms with E-state index in [4.69, 9.17) is 14.5 Å². The van der Waals surface area contributed by atoms with E-state index >= 15 is 0 Å². The minimum atomic E-state index is -0.791. The van der Waals surface area contributed by atoms with E-state index in [0.717, 1.165) is 5.56 Å². The topological polar surface area (TPSA) is 175 Å². The van der Waals surface area contributed by atoms with Crippen LogP contribution in [0.25, 0.3) is 0 Å². The maximum Gasteiger partial charge on any atom is 0.274 e. The average Bonchev–Trinajstić information content (AvgIpc) is 3.68. The molecule has 15 nitrogen and oxygen atoms in total. The van der Waals surface area contributed by atoms with Crippen LogP contribution in [0, 0.1) is 5.92 Å². The first-order valence-electron chi connectivity index (χ1n) is 16.3. The molecule has 1 aliphatic rings. The number of amides is 4. The van der Waals surface area contributed by atoms with Gasteiger partial charge in [-0.05, 0) is 43.4 Å². The quantitative estimate of drug-likeness (QED) is 0.340. The molecule has 0 bridgehead atoms. The Morgan fingerprint density at radius 2 is 1.81 bits per heavy atom. The van der Waals surface area contributed by atoms with Gasteiger partial charge < -0.3 is 34.9 Å². The van der Waals surface area contributed by atoms with Gasteiger partial charge in [0.2, 0.25) is 17.7 Å². The molecule has 1 aliphatic heterocycles. The Labute approximate surface area is 280 Å². The molecule has 3 aromatic rings. The van der Waals surface area contributed by atoms with E-state index in [2.05, 4.69) is 26.0 Å². The summed E-state index contributed by atoms with van der Waals surface area (Å²) >= 11 is 0. The van der Waals surface area contributed by atoms with Crippen LogP contribution in [-0.4, -0.2) is 92.7 Å². The van der Waals surface area contributed by atoms with Crippen molar-refractivity contribution in [2.24, 2.45) is 13.0 Å². The van der Waals surface area contributed by atoms with Gasteiger partial charge in [-0.3, -0.25) is 19.2 Å². The fourth-order valence-corrected chi connectivity index (χ4v) is 5.52. The van der Waals surface area contributed by atoms with Crippen molar-refractivity contribution in [1.29, 1.82) is 0 Å². The van der Waals surface area contributed by atoms with Gasteiger partial charge in [-0.1, -0.05) is 26.3 Å². The number of aryl methyl sites for hydroxylation is 1. The van der Waals surface area contributed by atoms with Crippen LogP contribution in [0.5, 0.6) is 11.5 Å². The Balaban J connectivity index is 1.60. The Morgan fingerprint density at radius 1 is 1.06 bits per heavy atom. The number of nitrogens with zero attached hydrogens (tertiary/aromatic N) is 6. The van der Waals surface area contributed by atoms with Gasteiger partial charge in [-0.15, -0.1) is 0 Å². The number of nitrogens with one attached hydrogen (secondary N) is 3. The van der Waals surface area contributed by atoms with Crippen LogP contribution in [-0.2, 0) is 34.4 Å². The van der Waals surface area contributed by atoms with Crippen molar-refractivity contribution in [3.63, 3.8) is 0 Å². The van der Waals surface area contributed by atoms with Gasteiger partial charge in [-0.25, -0.2) is 14.6 Å². The van der Waals surface area contributed by atoms with Crippen LogP contribution in [0.3, 0.4) is 0 Å². The summed E-state index contributed by atoms with van der Waals surface area (Å²) in [4.78, 5) is 63.6. The third-order valence-electron chi connectivity index (χ3n) is 8.38. The largest absolute Gasteiger partial charge is 0.493 e. The van der Waals surface area contributed by atoms with Gasteiger partial charge in [0.25, 0.3) is 5.91 Å². The summed E-state index contributed by atoms with van der Waals surface area (Å²) in [5, 5.41) is 13.5. The summed E-state index contributed by atoms with van der Waals surface area (Å²) in [5.74, 6) is 0.679. The lowest BCUT2D eigenvalue weighted by Crippen LogP contribution is -2.51. The fourth-order valence-electron chi connectivity index (χ4n) is 5.52. The first-order chi connectivity index (χ1) is 23.0. The summed E-state index contributed by atoms with van der Waals surface area (Å²) in [6, 6.07) is 4.11. The SMILES string of the molecule is CC[C@H](C)[C@@H]1NC(=O)CCCN(C(=O)c2cn(C)cn2)CCCNC(=O)Cn2nc(Cc3ccc(OC)c(OC)c3)nc2[C@@H](C)NC1=O. The van der Waals surface area contributed by atoms with Crippen LogP contribution in [0.1, 0.15) is 80.2 Å². The molecular weight excluding hydrogens is 618 g/mol. The normalized spacial score (nSPS) is 19.2. The zero-order valence-electron chi connectivity index (χ0n) is 28.6. The maximum absolute atomic E-state index is 13.6. The van der Waals surface area contributed by atoms with Crippen LogP contribution in [0.2, 0.25) is 0 Å². The van der Waals surface area contributed by atoms with E-state index in [-0.39, 0.29) is 42.5 Å². The smallest absolute Gasteiger partial charge is 0.274 e. The standard InChI is InChI=1S/C33H47N9O6/c1-7-21(2)30-32(45)36-22(3)31-37-27(17-23-11-12-25(47-5)26(16-23)48-6)39-42(31)19-29(44)34-13-9-15-41(14-8-10-28(43)38-30)33(46)24-18-40(4)20-35-24/h11-12,16,18,20-22,30H,7-10,13-15,17,19H2,1-6H3,(H,34,44)(H,36,45)(H,38,43)/t21-,22+,30-/m0/s1. The third-order valence-corrected chi connectivity index (χ3v) is 8.38. The van der Waals surface area contributed by atoms with Gasteiger partial charge in [0.05, 0.1) is 26.6 Å². The molecule has 4 amide bonds. The summed E-state index contributed by atoms with van der Waals surface area (Å²) < 4.78 is 14.0. The molecule has 0 aliphatic carbocycles. The number of imidazole rings is 1. The number of hydrogen-bond acceptors (Lipinski definition) is 9. The van der Waals surface area contributed by atoms with E-state index in [9.17, 15) is 19.2 Å². The minimum absolute atomic E-state index is 0.128. The summed E-state index contributed by atoms with van der Waals surface area (Å²) in [5.41, 5.74) is 1.17. The van der Waals surface area contributed by atoms with Crippen molar-refractivity contribution in [2.45, 2.75) is 71.5 Å². The molecule has 0 spiro atoms. The molecule has 1 aromatic carbocycles. The van der Waals surface area contributed by atoms with Crippen LogP contribution >= 0.6 is 0 Å². The number of rotatable bonds is 7. The van der Waals surface area contributed by atoms with Crippen molar-refractivity contribution >= 4 is 23.6 Å². The monoisotopic (exact) mass is 665 g/mol. The summed E-state index contributed by atoms with van der Waals surface area (Å²) in [6.07, 6.45) is 5.23. The molecule has 0 radical (unpaired) electrons. The number of benzene rings is 1. The summed E-state index contributed by atoms with van der Waals surface area (Å²) in [6.45, 7) is 6.50. The lowest BCUT2D eigenvalue weighted by atomic mass is 9.97. The number of fused-ring (bicyclic) bond motifs is 1. The van der Waals surface area contributed by atoms with E-state index < -0.39 is 12.1 Å². The minimum Gasteiger partial charge on any atom is -0.493 e. The highest BCUT2D eigenvalue weighted by molar-refractivity contribution is 5.92. The second kappa shape index (κ2) is 16.7. The number of methoxy groups -OCH3 is 2. The van der Waals surface area contributed by atoms with Crippen LogP contribution in [0.15, 0.2) is 30.7 Å². The Bertz CT molecular complexity index is 1580. The summed E-state index contributed by atoms with van der Waals surface area (Å²) in [7, 11) is 4.91. The fraction of sp³-hybridized carbons (Fsp3) is 0.545. The number of carbonyl (C=O) groups excluding carboxylic acids is 4. The maximum atomic E-state index is 13.6. The second-order valence-corrected chi connectivity index (χ2v) is 12.1. The Hall–Kier alpha value is -4.95. The number of ether oxygens (including phenoxy) is 2. The number of carbonyl (C=O) groups is 4. The lowest BCUT2D eigenvalue weighted by Gasteiger charge is -2.26.